The van der Waals surface area contributed by atoms with E-state index in [1.807, 2.05) is 10.6 Å². The van der Waals surface area contributed by atoms with Gasteiger partial charge in [0.25, 0.3) is 11.8 Å². The summed E-state index contributed by atoms with van der Waals surface area (Å²) in [5.74, 6) is -1.87. The third kappa shape index (κ3) is 3.42. The van der Waals surface area contributed by atoms with Crippen molar-refractivity contribution >= 4 is 11.8 Å². The first-order valence-corrected chi connectivity index (χ1v) is 4.52. The monoisotopic (exact) mass is 236 g/mol. The van der Waals surface area contributed by atoms with E-state index in [0.29, 0.717) is 0 Å². The topological polar surface area (TPSA) is 139 Å². The molecule has 0 aliphatic rings. The van der Waals surface area contributed by atoms with Crippen molar-refractivity contribution in [2.45, 2.75) is 24.4 Å². The molecule has 2 amide bonds. The number of rotatable bonds is 5. The van der Waals surface area contributed by atoms with Gasteiger partial charge in [-0.3, -0.25) is 9.59 Å². The maximum Gasteiger partial charge on any atom is 0.251 e. The van der Waals surface area contributed by atoms with Gasteiger partial charge in [-0.2, -0.15) is 0 Å². The van der Waals surface area contributed by atoms with Gasteiger partial charge in [0.2, 0.25) is 0 Å². The van der Waals surface area contributed by atoms with E-state index in [0.717, 1.165) is 0 Å². The molecule has 0 fully saturated rings. The highest BCUT2D eigenvalue weighted by molar-refractivity contribution is 5.82. The first-order chi connectivity index (χ1) is 7.36. The highest BCUT2D eigenvalue weighted by atomic mass is 16.4. The van der Waals surface area contributed by atoms with Gasteiger partial charge in [0.05, 0.1) is 0 Å². The minimum Gasteiger partial charge on any atom is -0.387 e. The summed E-state index contributed by atoms with van der Waals surface area (Å²) in [4.78, 5) is 21.8. The number of nitrogens with one attached hydrogen (secondary N) is 2. The van der Waals surface area contributed by atoms with E-state index in [9.17, 15) is 30.0 Å². The zero-order chi connectivity index (χ0) is 12.9. The zero-order valence-electron chi connectivity index (χ0n) is 8.91. The quantitative estimate of drug-likeness (QED) is 0.287. The smallest absolute Gasteiger partial charge is 0.251 e. The van der Waals surface area contributed by atoms with Crippen LogP contribution in [0, 0.1) is 0 Å². The maximum atomic E-state index is 10.9. The average Bonchev–Trinajstić information content (AvgIpc) is 2.32. The Bertz CT molecular complexity index is 233. The summed E-state index contributed by atoms with van der Waals surface area (Å²) < 4.78 is 0. The number of carbonyl (C=O) groups excluding carboxylic acids is 2. The van der Waals surface area contributed by atoms with Gasteiger partial charge < -0.3 is 31.1 Å². The zero-order valence-corrected chi connectivity index (χ0v) is 8.91. The Morgan fingerprint density at radius 1 is 0.812 bits per heavy atom. The number of amides is 2. The lowest BCUT2D eigenvalue weighted by atomic mass is 10.0. The first kappa shape index (κ1) is 14.8. The van der Waals surface area contributed by atoms with E-state index >= 15 is 0 Å². The number of aliphatic hydroxyl groups excluding tert-OH is 4. The number of hydrogen-bond donors (Lipinski definition) is 6. The molecule has 0 unspecified atom stereocenters. The number of aliphatic hydroxyl groups is 4. The molecule has 0 aromatic rings. The SMILES string of the molecule is CNC(=O)[C@@H](O)[C@@H](O)[C@H](O)[C@@H](O)C(=O)NC. The molecule has 0 radical (unpaired) electrons. The number of likely N-dealkylation sites (N-methyl/N-ethyl adjacent to an activating group) is 2. The summed E-state index contributed by atoms with van der Waals surface area (Å²) in [5.41, 5.74) is 0. The molecule has 8 heteroatoms. The number of carbonyl (C=O) groups is 2. The van der Waals surface area contributed by atoms with Crippen molar-refractivity contribution < 1.29 is 30.0 Å². The van der Waals surface area contributed by atoms with Gasteiger partial charge in [-0.05, 0) is 0 Å². The summed E-state index contributed by atoms with van der Waals surface area (Å²) in [7, 11) is 2.44. The molecule has 0 aliphatic heterocycles. The van der Waals surface area contributed by atoms with E-state index in [4.69, 9.17) is 0 Å². The summed E-state index contributed by atoms with van der Waals surface area (Å²) in [6.45, 7) is 0. The van der Waals surface area contributed by atoms with Gasteiger partial charge in [-0.1, -0.05) is 0 Å². The van der Waals surface area contributed by atoms with E-state index in [1.165, 1.54) is 14.1 Å². The normalized spacial score (nSPS) is 18.1. The largest absolute Gasteiger partial charge is 0.387 e. The molecule has 6 N–H and O–H groups in total. The fourth-order valence-corrected chi connectivity index (χ4v) is 0.979. The Kier molecular flexibility index (Phi) is 5.89. The Balaban J connectivity index is 4.54. The van der Waals surface area contributed by atoms with E-state index in [-0.39, 0.29) is 0 Å². The minimum absolute atomic E-state index is 0.935. The van der Waals surface area contributed by atoms with Crippen LogP contribution in [0.1, 0.15) is 0 Å². The van der Waals surface area contributed by atoms with Gasteiger partial charge >= 0.3 is 0 Å². The van der Waals surface area contributed by atoms with E-state index in [2.05, 4.69) is 0 Å². The molecule has 0 bridgehead atoms. The fourth-order valence-electron chi connectivity index (χ4n) is 0.979. The molecule has 94 valence electrons. The van der Waals surface area contributed by atoms with Gasteiger partial charge in [-0.15, -0.1) is 0 Å². The third-order valence-corrected chi connectivity index (χ3v) is 2.03. The molecule has 0 aromatic carbocycles. The summed E-state index contributed by atoms with van der Waals surface area (Å²) in [5, 5.41) is 41.1. The lowest BCUT2D eigenvalue weighted by molar-refractivity contribution is -0.154. The summed E-state index contributed by atoms with van der Waals surface area (Å²) in [6, 6.07) is 0. The standard InChI is InChI=1S/C8H16N2O6/c1-9-7(15)5(13)3(11)4(12)6(14)8(16)10-2/h3-6,11-14H,1-2H3,(H,9,15)(H,10,16)/t3-,4-,5-,6+/m0/s1. The predicted octanol–water partition coefficient (Wildman–Crippen LogP) is -4.08. The second-order valence-corrected chi connectivity index (χ2v) is 3.10. The molecule has 0 saturated heterocycles. The Labute approximate surface area is 91.9 Å². The van der Waals surface area contributed by atoms with Crippen LogP contribution in [0.4, 0.5) is 0 Å². The minimum atomic E-state index is -1.97. The van der Waals surface area contributed by atoms with Crippen molar-refractivity contribution in [1.82, 2.24) is 10.6 Å². The van der Waals surface area contributed by atoms with Crippen LogP contribution in [-0.4, -0.2) is 70.8 Å². The molecule has 0 saturated carbocycles. The molecule has 0 aromatic heterocycles. The van der Waals surface area contributed by atoms with Crippen LogP contribution < -0.4 is 10.6 Å². The second-order valence-electron chi connectivity index (χ2n) is 3.10. The van der Waals surface area contributed by atoms with Crippen molar-refractivity contribution in [3.63, 3.8) is 0 Å². The number of hydrogen-bond acceptors (Lipinski definition) is 6. The third-order valence-electron chi connectivity index (χ3n) is 2.03. The van der Waals surface area contributed by atoms with Gasteiger partial charge in [-0.25, -0.2) is 0 Å². The van der Waals surface area contributed by atoms with Crippen LogP contribution >= 0.6 is 0 Å². The molecule has 0 rings (SSSR count). The Morgan fingerprint density at radius 3 is 1.25 bits per heavy atom. The van der Waals surface area contributed by atoms with E-state index < -0.39 is 36.2 Å². The summed E-state index contributed by atoms with van der Waals surface area (Å²) in [6.07, 6.45) is -7.79. The molecule has 8 nitrogen and oxygen atoms in total. The van der Waals surface area contributed by atoms with Crippen LogP contribution in [0.15, 0.2) is 0 Å². The van der Waals surface area contributed by atoms with Gasteiger partial charge in [0.15, 0.2) is 12.2 Å². The second kappa shape index (κ2) is 6.38. The molecule has 0 aliphatic carbocycles. The van der Waals surface area contributed by atoms with Gasteiger partial charge in [0, 0.05) is 14.1 Å². The van der Waals surface area contributed by atoms with Gasteiger partial charge in [0.1, 0.15) is 12.2 Å². The van der Waals surface area contributed by atoms with Crippen LogP contribution in [-0.2, 0) is 9.59 Å². The van der Waals surface area contributed by atoms with Crippen LogP contribution in [0.25, 0.3) is 0 Å². The maximum absolute atomic E-state index is 10.9. The van der Waals surface area contributed by atoms with Crippen LogP contribution in [0.3, 0.4) is 0 Å². The van der Waals surface area contributed by atoms with Crippen molar-refractivity contribution in [3.05, 3.63) is 0 Å². The first-order valence-electron chi connectivity index (χ1n) is 4.52. The van der Waals surface area contributed by atoms with Crippen molar-refractivity contribution in [1.29, 1.82) is 0 Å². The lowest BCUT2D eigenvalue weighted by Gasteiger charge is -2.24. The van der Waals surface area contributed by atoms with Crippen LogP contribution in [0.2, 0.25) is 0 Å². The van der Waals surface area contributed by atoms with E-state index in [1.54, 1.807) is 0 Å². The molecular formula is C8H16N2O6. The Hall–Kier alpha value is -1.22. The van der Waals surface area contributed by atoms with Crippen LogP contribution in [0.5, 0.6) is 0 Å². The molecule has 16 heavy (non-hydrogen) atoms. The molecule has 0 heterocycles. The van der Waals surface area contributed by atoms with Crippen molar-refractivity contribution in [2.24, 2.45) is 0 Å². The molecule has 4 atom stereocenters. The predicted molar refractivity (Wildman–Crippen MR) is 52.2 cm³/mol. The van der Waals surface area contributed by atoms with Crippen molar-refractivity contribution in [2.75, 3.05) is 14.1 Å². The average molecular weight is 236 g/mol. The summed E-state index contributed by atoms with van der Waals surface area (Å²) >= 11 is 0. The Morgan fingerprint density at radius 2 is 1.06 bits per heavy atom. The highest BCUT2D eigenvalue weighted by Crippen LogP contribution is 2.05. The fraction of sp³-hybridized carbons (Fsp3) is 0.750. The lowest BCUT2D eigenvalue weighted by Crippen LogP contribution is -2.53. The molecule has 0 spiro atoms. The highest BCUT2D eigenvalue weighted by Gasteiger charge is 2.36. The molecular weight excluding hydrogens is 220 g/mol. The van der Waals surface area contributed by atoms with Crippen molar-refractivity contribution in [3.8, 4) is 0 Å².